The summed E-state index contributed by atoms with van der Waals surface area (Å²) in [6, 6.07) is 18.5. The highest BCUT2D eigenvalue weighted by atomic mass is 15.2. The summed E-state index contributed by atoms with van der Waals surface area (Å²) in [7, 11) is 0. The van der Waals surface area contributed by atoms with Crippen LogP contribution in [0.1, 0.15) is 23.6 Å². The molecule has 27 heavy (non-hydrogen) atoms. The van der Waals surface area contributed by atoms with Gasteiger partial charge < -0.3 is 0 Å². The number of imidazole rings is 2. The van der Waals surface area contributed by atoms with Crippen LogP contribution >= 0.6 is 0 Å². The van der Waals surface area contributed by atoms with Crippen LogP contribution < -0.4 is 0 Å². The summed E-state index contributed by atoms with van der Waals surface area (Å²) in [5, 5.41) is 9.83. The predicted octanol–water partition coefficient (Wildman–Crippen LogP) is 4.57. The lowest BCUT2D eigenvalue weighted by Gasteiger charge is -2.17. The fourth-order valence-corrected chi connectivity index (χ4v) is 3.97. The second kappa shape index (κ2) is 5.68. The lowest BCUT2D eigenvalue weighted by atomic mass is 10.0. The van der Waals surface area contributed by atoms with E-state index in [9.17, 15) is 5.26 Å². The Bertz CT molecular complexity index is 1380. The number of benzene rings is 2. The molecule has 0 fully saturated rings. The molecule has 0 aliphatic rings. The Morgan fingerprint density at radius 2 is 1.70 bits per heavy atom. The summed E-state index contributed by atoms with van der Waals surface area (Å²) in [6.45, 7) is 4.14. The zero-order valence-corrected chi connectivity index (χ0v) is 15.1. The van der Waals surface area contributed by atoms with Crippen LogP contribution in [0, 0.1) is 18.3 Å². The minimum atomic E-state index is 0.635. The van der Waals surface area contributed by atoms with E-state index in [-0.39, 0.29) is 0 Å². The highest BCUT2D eigenvalue weighted by molar-refractivity contribution is 5.86. The van der Waals surface area contributed by atoms with E-state index in [1.165, 1.54) is 0 Å². The van der Waals surface area contributed by atoms with Crippen LogP contribution in [0.5, 0.6) is 0 Å². The molecule has 2 aromatic carbocycles. The first-order valence-corrected chi connectivity index (χ1v) is 8.99. The minimum absolute atomic E-state index is 0.635. The van der Waals surface area contributed by atoms with Gasteiger partial charge >= 0.3 is 0 Å². The fraction of sp³-hybridized carbons (Fsp3) is 0.136. The first-order chi connectivity index (χ1) is 13.2. The number of nitriles is 1. The van der Waals surface area contributed by atoms with Crippen LogP contribution in [-0.2, 0) is 6.42 Å². The zero-order valence-electron chi connectivity index (χ0n) is 15.1. The van der Waals surface area contributed by atoms with Gasteiger partial charge in [0.05, 0.1) is 27.6 Å². The molecule has 0 radical (unpaired) electrons. The molecule has 0 spiro atoms. The Morgan fingerprint density at radius 3 is 2.44 bits per heavy atom. The van der Waals surface area contributed by atoms with Gasteiger partial charge in [-0.25, -0.2) is 9.97 Å². The highest BCUT2D eigenvalue weighted by Gasteiger charge is 2.21. The average molecular weight is 351 g/mol. The van der Waals surface area contributed by atoms with Gasteiger partial charge in [0.1, 0.15) is 18.2 Å². The van der Waals surface area contributed by atoms with Crippen LogP contribution in [0.15, 0.2) is 54.9 Å². The number of aromatic nitrogens is 4. The van der Waals surface area contributed by atoms with Gasteiger partial charge in [0.2, 0.25) is 0 Å². The van der Waals surface area contributed by atoms with Crippen molar-refractivity contribution in [1.82, 2.24) is 18.9 Å². The molecule has 0 saturated heterocycles. The fourth-order valence-electron chi connectivity index (χ4n) is 3.97. The van der Waals surface area contributed by atoms with E-state index in [1.807, 2.05) is 55.7 Å². The van der Waals surface area contributed by atoms with Crippen molar-refractivity contribution >= 4 is 27.7 Å². The standard InChI is InChI=1S/C22H17N5/c1-3-15-14(2)16(12-23)21-25-18-9-5-7-11-20(18)27(21)22(15)26-13-24-17-8-4-6-10-19(17)26/h4-11,13H,3H2,1-2H3. The van der Waals surface area contributed by atoms with E-state index >= 15 is 0 Å². The van der Waals surface area contributed by atoms with Crippen molar-refractivity contribution in [3.05, 3.63) is 71.5 Å². The smallest absolute Gasteiger partial charge is 0.157 e. The molecule has 5 nitrogen and oxygen atoms in total. The van der Waals surface area contributed by atoms with Crippen LogP contribution in [0.4, 0.5) is 0 Å². The van der Waals surface area contributed by atoms with Gasteiger partial charge in [-0.1, -0.05) is 31.2 Å². The van der Waals surface area contributed by atoms with Crippen molar-refractivity contribution in [1.29, 1.82) is 5.26 Å². The second-order valence-electron chi connectivity index (χ2n) is 6.63. The summed E-state index contributed by atoms with van der Waals surface area (Å²) < 4.78 is 4.22. The van der Waals surface area contributed by atoms with Gasteiger partial charge in [-0.2, -0.15) is 5.26 Å². The first kappa shape index (κ1) is 15.6. The number of para-hydroxylation sites is 4. The number of fused-ring (bicyclic) bond motifs is 4. The third-order valence-electron chi connectivity index (χ3n) is 5.24. The maximum Gasteiger partial charge on any atom is 0.157 e. The number of hydrogen-bond donors (Lipinski definition) is 0. The van der Waals surface area contributed by atoms with Gasteiger partial charge in [0, 0.05) is 0 Å². The molecule has 0 saturated carbocycles. The first-order valence-electron chi connectivity index (χ1n) is 8.99. The summed E-state index contributed by atoms with van der Waals surface area (Å²) in [5.41, 5.74) is 7.30. The number of pyridine rings is 1. The highest BCUT2D eigenvalue weighted by Crippen LogP contribution is 2.31. The van der Waals surface area contributed by atoms with Crippen LogP contribution in [-0.4, -0.2) is 18.9 Å². The molecule has 0 N–H and O–H groups in total. The summed E-state index contributed by atoms with van der Waals surface area (Å²) in [5.74, 6) is 1.01. The van der Waals surface area contributed by atoms with Crippen molar-refractivity contribution in [2.45, 2.75) is 20.3 Å². The Labute approximate surface area is 156 Å². The molecule has 0 aliphatic heterocycles. The van der Waals surface area contributed by atoms with Crippen molar-refractivity contribution in [3.8, 4) is 11.9 Å². The largest absolute Gasteiger partial charge is 0.284 e. The molecule has 0 unspecified atom stereocenters. The molecule has 3 heterocycles. The molecular formula is C22H17N5. The molecule has 5 heteroatoms. The lowest BCUT2D eigenvalue weighted by molar-refractivity contribution is 0.933. The normalized spacial score (nSPS) is 11.4. The molecule has 5 aromatic rings. The van der Waals surface area contributed by atoms with E-state index in [0.29, 0.717) is 11.2 Å². The lowest BCUT2D eigenvalue weighted by Crippen LogP contribution is -2.10. The van der Waals surface area contributed by atoms with Gasteiger partial charge in [-0.05, 0) is 48.7 Å². The summed E-state index contributed by atoms with van der Waals surface area (Å²) >= 11 is 0. The van der Waals surface area contributed by atoms with Crippen molar-refractivity contribution in [2.75, 3.05) is 0 Å². The maximum atomic E-state index is 9.83. The second-order valence-corrected chi connectivity index (χ2v) is 6.63. The van der Waals surface area contributed by atoms with E-state index in [0.717, 1.165) is 45.4 Å². The van der Waals surface area contributed by atoms with Gasteiger partial charge in [0.25, 0.3) is 0 Å². The Hall–Kier alpha value is -3.65. The number of rotatable bonds is 2. The van der Waals surface area contributed by atoms with Gasteiger partial charge in [-0.3, -0.25) is 8.97 Å². The molecule has 3 aromatic heterocycles. The third kappa shape index (κ3) is 2.04. The van der Waals surface area contributed by atoms with Crippen LogP contribution in [0.25, 0.3) is 33.5 Å². The average Bonchev–Trinajstić information content (AvgIpc) is 3.29. The molecule has 0 amide bonds. The molecule has 0 aliphatic carbocycles. The van der Waals surface area contributed by atoms with Gasteiger partial charge in [0.15, 0.2) is 5.65 Å². The predicted molar refractivity (Wildman–Crippen MR) is 106 cm³/mol. The van der Waals surface area contributed by atoms with Gasteiger partial charge in [-0.15, -0.1) is 0 Å². The Morgan fingerprint density at radius 1 is 1.00 bits per heavy atom. The van der Waals surface area contributed by atoms with Crippen molar-refractivity contribution < 1.29 is 0 Å². The zero-order chi connectivity index (χ0) is 18.5. The maximum absolute atomic E-state index is 9.83. The summed E-state index contributed by atoms with van der Waals surface area (Å²) in [6.07, 6.45) is 2.67. The monoisotopic (exact) mass is 351 g/mol. The van der Waals surface area contributed by atoms with E-state index in [2.05, 4.69) is 33.0 Å². The summed E-state index contributed by atoms with van der Waals surface area (Å²) in [4.78, 5) is 9.36. The number of nitrogens with zero attached hydrogens (tertiary/aromatic N) is 5. The van der Waals surface area contributed by atoms with Crippen molar-refractivity contribution in [3.63, 3.8) is 0 Å². The minimum Gasteiger partial charge on any atom is -0.284 e. The molecule has 130 valence electrons. The molecular weight excluding hydrogens is 334 g/mol. The third-order valence-corrected chi connectivity index (χ3v) is 5.24. The number of hydrogen-bond acceptors (Lipinski definition) is 3. The van der Waals surface area contributed by atoms with E-state index in [1.54, 1.807) is 0 Å². The van der Waals surface area contributed by atoms with E-state index < -0.39 is 0 Å². The quantitative estimate of drug-likeness (QED) is 0.468. The molecule has 0 atom stereocenters. The van der Waals surface area contributed by atoms with E-state index in [4.69, 9.17) is 4.98 Å². The van der Waals surface area contributed by atoms with Crippen molar-refractivity contribution in [2.24, 2.45) is 0 Å². The Kier molecular flexibility index (Phi) is 3.28. The molecule has 0 bridgehead atoms. The SMILES string of the molecule is CCc1c(C)c(C#N)c2nc3ccccc3n2c1-n1cnc2ccccc21. The molecule has 5 rings (SSSR count). The van der Waals surface area contributed by atoms with Crippen LogP contribution in [0.2, 0.25) is 0 Å². The Balaban J connectivity index is 2.07. The van der Waals surface area contributed by atoms with Crippen LogP contribution in [0.3, 0.4) is 0 Å². The topological polar surface area (TPSA) is 58.9 Å².